The van der Waals surface area contributed by atoms with Crippen LogP contribution in [0.1, 0.15) is 59.3 Å². The summed E-state index contributed by atoms with van der Waals surface area (Å²) < 4.78 is 4.82. The summed E-state index contributed by atoms with van der Waals surface area (Å²) in [5.74, 6) is -0.214. The van der Waals surface area contributed by atoms with Gasteiger partial charge < -0.3 is 4.74 Å². The molecule has 0 spiro atoms. The van der Waals surface area contributed by atoms with Crippen molar-refractivity contribution >= 4 is 5.97 Å². The Bertz CT molecular complexity index is 247. The van der Waals surface area contributed by atoms with E-state index in [1.54, 1.807) is 0 Å². The Morgan fingerprint density at radius 1 is 1.25 bits per heavy atom. The lowest BCUT2D eigenvalue weighted by Crippen LogP contribution is -1.98. The number of carbonyl (C=O) groups excluding carboxylic acids is 1. The van der Waals surface area contributed by atoms with E-state index in [0.29, 0.717) is 6.61 Å². The molecule has 16 heavy (non-hydrogen) atoms. The van der Waals surface area contributed by atoms with E-state index in [1.165, 1.54) is 38.2 Å². The van der Waals surface area contributed by atoms with Crippen LogP contribution in [0.15, 0.2) is 17.4 Å². The number of unbranched alkanes of at least 4 members (excludes halogenated alkanes) is 3. The molecular formula is C14H24O2. The molecule has 0 atom stereocenters. The highest BCUT2D eigenvalue weighted by Gasteiger charge is 1.90. The first-order chi connectivity index (χ1) is 7.66. The van der Waals surface area contributed by atoms with Crippen molar-refractivity contribution < 1.29 is 9.53 Å². The topological polar surface area (TPSA) is 26.3 Å². The number of carbonyl (C=O) groups is 1. The van der Waals surface area contributed by atoms with Gasteiger partial charge in [-0.25, -0.2) is 0 Å². The smallest absolute Gasteiger partial charge is 0.302 e. The standard InChI is InChI=1S/C14H24O2/c1-4-5-6-7-10-13(2)11-8-9-12-16-14(3)15/h8H,4-7,9-10,12H2,1-3H3. The highest BCUT2D eigenvalue weighted by molar-refractivity contribution is 5.65. The molecule has 0 aliphatic carbocycles. The van der Waals surface area contributed by atoms with Crippen LogP contribution in [0.3, 0.4) is 0 Å². The first-order valence-electron chi connectivity index (χ1n) is 6.20. The monoisotopic (exact) mass is 224 g/mol. The van der Waals surface area contributed by atoms with Crippen LogP contribution < -0.4 is 0 Å². The van der Waals surface area contributed by atoms with Gasteiger partial charge in [0.2, 0.25) is 0 Å². The number of rotatable bonds is 8. The predicted octanol–water partition coefficient (Wildman–Crippen LogP) is 4.01. The summed E-state index contributed by atoms with van der Waals surface area (Å²) in [6, 6.07) is 0. The van der Waals surface area contributed by atoms with Crippen LogP contribution in [-0.4, -0.2) is 12.6 Å². The summed E-state index contributed by atoms with van der Waals surface area (Å²) >= 11 is 0. The van der Waals surface area contributed by atoms with Gasteiger partial charge in [-0.15, -0.1) is 5.73 Å². The van der Waals surface area contributed by atoms with Crippen LogP contribution in [0.2, 0.25) is 0 Å². The molecule has 0 aliphatic rings. The first-order valence-corrected chi connectivity index (χ1v) is 6.20. The second-order valence-electron chi connectivity index (χ2n) is 4.07. The van der Waals surface area contributed by atoms with Crippen molar-refractivity contribution in [3.05, 3.63) is 17.4 Å². The normalized spacial score (nSPS) is 9.44. The van der Waals surface area contributed by atoms with E-state index in [9.17, 15) is 4.79 Å². The van der Waals surface area contributed by atoms with E-state index in [0.717, 1.165) is 12.8 Å². The van der Waals surface area contributed by atoms with Crippen LogP contribution in [-0.2, 0) is 9.53 Å². The molecule has 0 saturated carbocycles. The zero-order chi connectivity index (χ0) is 12.2. The molecule has 0 N–H and O–H groups in total. The fourth-order valence-corrected chi connectivity index (χ4v) is 1.40. The minimum Gasteiger partial charge on any atom is -0.466 e. The van der Waals surface area contributed by atoms with Gasteiger partial charge >= 0.3 is 5.97 Å². The summed E-state index contributed by atoms with van der Waals surface area (Å²) in [6.07, 6.45) is 9.01. The summed E-state index contributed by atoms with van der Waals surface area (Å²) in [5.41, 5.74) is 4.52. The predicted molar refractivity (Wildman–Crippen MR) is 67.3 cm³/mol. The summed E-state index contributed by atoms with van der Waals surface area (Å²) in [6.45, 7) is 6.22. The van der Waals surface area contributed by atoms with Gasteiger partial charge in [0, 0.05) is 13.3 Å². The number of esters is 1. The molecule has 92 valence electrons. The third-order valence-corrected chi connectivity index (χ3v) is 2.32. The van der Waals surface area contributed by atoms with Crippen LogP contribution >= 0.6 is 0 Å². The maximum absolute atomic E-state index is 10.5. The van der Waals surface area contributed by atoms with Gasteiger partial charge in [0.1, 0.15) is 0 Å². The highest BCUT2D eigenvalue weighted by Crippen LogP contribution is 2.08. The highest BCUT2D eigenvalue weighted by atomic mass is 16.5. The number of ether oxygens (including phenoxy) is 1. The second kappa shape index (κ2) is 10.5. The Morgan fingerprint density at radius 3 is 2.62 bits per heavy atom. The molecule has 0 saturated heterocycles. The SMILES string of the molecule is CCCCCCC(C)=C=CCCOC(C)=O. The molecule has 0 aromatic carbocycles. The van der Waals surface area contributed by atoms with E-state index in [4.69, 9.17) is 4.74 Å². The lowest BCUT2D eigenvalue weighted by atomic mass is 10.1. The summed E-state index contributed by atoms with van der Waals surface area (Å²) in [5, 5.41) is 0. The van der Waals surface area contributed by atoms with Crippen molar-refractivity contribution in [2.75, 3.05) is 6.61 Å². The molecule has 0 amide bonds. The first kappa shape index (κ1) is 15.0. The Balaban J connectivity index is 3.58. The molecule has 0 aromatic rings. The van der Waals surface area contributed by atoms with Gasteiger partial charge in [-0.3, -0.25) is 4.79 Å². The Hall–Kier alpha value is -1.01. The molecule has 2 heteroatoms. The van der Waals surface area contributed by atoms with Crippen molar-refractivity contribution in [1.29, 1.82) is 0 Å². The van der Waals surface area contributed by atoms with E-state index in [-0.39, 0.29) is 5.97 Å². The Kier molecular flexibility index (Phi) is 9.84. The van der Waals surface area contributed by atoms with Gasteiger partial charge in [-0.2, -0.15) is 0 Å². The van der Waals surface area contributed by atoms with Gasteiger partial charge in [0.25, 0.3) is 0 Å². The number of hydrogen-bond acceptors (Lipinski definition) is 2. The zero-order valence-corrected chi connectivity index (χ0v) is 10.8. The van der Waals surface area contributed by atoms with Crippen molar-refractivity contribution in [2.24, 2.45) is 0 Å². The van der Waals surface area contributed by atoms with Gasteiger partial charge in [0.15, 0.2) is 0 Å². The molecular weight excluding hydrogens is 200 g/mol. The average Bonchev–Trinajstić information content (AvgIpc) is 2.23. The third kappa shape index (κ3) is 11.1. The fourth-order valence-electron chi connectivity index (χ4n) is 1.40. The molecule has 0 radical (unpaired) electrons. The van der Waals surface area contributed by atoms with Crippen LogP contribution in [0.4, 0.5) is 0 Å². The maximum Gasteiger partial charge on any atom is 0.302 e. The van der Waals surface area contributed by atoms with Crippen LogP contribution in [0.5, 0.6) is 0 Å². The summed E-state index contributed by atoms with van der Waals surface area (Å²) in [7, 11) is 0. The molecule has 0 bridgehead atoms. The van der Waals surface area contributed by atoms with Gasteiger partial charge in [-0.05, 0) is 31.4 Å². The maximum atomic E-state index is 10.5. The van der Waals surface area contributed by atoms with E-state index < -0.39 is 0 Å². The average molecular weight is 224 g/mol. The van der Waals surface area contributed by atoms with Crippen molar-refractivity contribution in [3.8, 4) is 0 Å². The van der Waals surface area contributed by atoms with E-state index >= 15 is 0 Å². The van der Waals surface area contributed by atoms with Gasteiger partial charge in [-0.1, -0.05) is 26.2 Å². The second-order valence-corrected chi connectivity index (χ2v) is 4.07. The lowest BCUT2D eigenvalue weighted by molar-refractivity contribution is -0.140. The van der Waals surface area contributed by atoms with Crippen LogP contribution in [0, 0.1) is 0 Å². The molecule has 2 nitrogen and oxygen atoms in total. The summed E-state index contributed by atoms with van der Waals surface area (Å²) in [4.78, 5) is 10.5. The molecule has 0 heterocycles. The van der Waals surface area contributed by atoms with Crippen molar-refractivity contribution in [1.82, 2.24) is 0 Å². The fraction of sp³-hybridized carbons (Fsp3) is 0.714. The Morgan fingerprint density at radius 2 is 2.00 bits per heavy atom. The van der Waals surface area contributed by atoms with Gasteiger partial charge in [0.05, 0.1) is 6.61 Å². The molecule has 0 rings (SSSR count). The van der Waals surface area contributed by atoms with E-state index in [2.05, 4.69) is 19.6 Å². The molecule has 0 aliphatic heterocycles. The molecule has 0 unspecified atom stereocenters. The molecule has 0 aromatic heterocycles. The largest absolute Gasteiger partial charge is 0.466 e. The zero-order valence-electron chi connectivity index (χ0n) is 10.8. The Labute approximate surface area is 99.4 Å². The lowest BCUT2D eigenvalue weighted by Gasteiger charge is -1.98. The van der Waals surface area contributed by atoms with Crippen LogP contribution in [0.25, 0.3) is 0 Å². The third-order valence-electron chi connectivity index (χ3n) is 2.32. The molecule has 0 fully saturated rings. The minimum atomic E-state index is -0.214. The van der Waals surface area contributed by atoms with E-state index in [1.807, 2.05) is 6.08 Å². The van der Waals surface area contributed by atoms with Crippen molar-refractivity contribution in [2.45, 2.75) is 59.3 Å². The minimum absolute atomic E-state index is 0.214. The van der Waals surface area contributed by atoms with Crippen molar-refractivity contribution in [3.63, 3.8) is 0 Å². The number of hydrogen-bond donors (Lipinski definition) is 0. The quantitative estimate of drug-likeness (QED) is 0.354.